The first-order valence-electron chi connectivity index (χ1n) is 8.87. The van der Waals surface area contributed by atoms with Gasteiger partial charge >= 0.3 is 6.18 Å². The molecule has 1 aromatic rings. The fourth-order valence-electron chi connectivity index (χ4n) is 4.07. The molecule has 0 bridgehead atoms. The first kappa shape index (κ1) is 17.5. The van der Waals surface area contributed by atoms with Gasteiger partial charge in [-0.3, -0.25) is 9.48 Å². The van der Waals surface area contributed by atoms with Crippen molar-refractivity contribution >= 4 is 5.78 Å². The van der Waals surface area contributed by atoms with Crippen molar-refractivity contribution in [3.8, 4) is 0 Å². The molecule has 6 heteroatoms. The molecule has 0 unspecified atom stereocenters. The van der Waals surface area contributed by atoms with E-state index in [9.17, 15) is 18.0 Å². The first-order chi connectivity index (χ1) is 11.2. The van der Waals surface area contributed by atoms with Crippen molar-refractivity contribution in [1.29, 1.82) is 0 Å². The molecule has 0 saturated heterocycles. The second-order valence-electron chi connectivity index (χ2n) is 7.94. The topological polar surface area (TPSA) is 34.9 Å². The minimum atomic E-state index is -4.32. The second-order valence-corrected chi connectivity index (χ2v) is 7.94. The van der Waals surface area contributed by atoms with Crippen LogP contribution in [-0.2, 0) is 19.4 Å². The highest BCUT2D eigenvalue weighted by atomic mass is 19.4. The van der Waals surface area contributed by atoms with Gasteiger partial charge in [-0.05, 0) is 31.6 Å². The van der Waals surface area contributed by atoms with Crippen molar-refractivity contribution in [3.05, 3.63) is 17.0 Å². The van der Waals surface area contributed by atoms with Gasteiger partial charge < -0.3 is 0 Å². The highest BCUT2D eigenvalue weighted by molar-refractivity contribution is 6.03. The molecule has 0 aromatic carbocycles. The number of Topliss-reactive ketones (excluding diaryl/α,β-unsaturated/α-hetero) is 1. The van der Waals surface area contributed by atoms with Crippen molar-refractivity contribution in [2.24, 2.45) is 11.3 Å². The summed E-state index contributed by atoms with van der Waals surface area (Å²) in [6.07, 6.45) is 3.11. The number of hydrogen-bond acceptors (Lipinski definition) is 2. The van der Waals surface area contributed by atoms with Crippen molar-refractivity contribution in [2.45, 2.75) is 77.9 Å². The number of nitrogens with zero attached hydrogens (tertiary/aromatic N) is 2. The zero-order chi connectivity index (χ0) is 17.5. The third-order valence-corrected chi connectivity index (χ3v) is 5.55. The Hall–Kier alpha value is -1.33. The molecule has 1 heterocycles. The zero-order valence-electron chi connectivity index (χ0n) is 14.4. The number of carbonyl (C=O) groups is 1. The lowest BCUT2D eigenvalue weighted by molar-refractivity contribution is -0.143. The first-order valence-corrected chi connectivity index (χ1v) is 8.87. The van der Waals surface area contributed by atoms with E-state index in [1.54, 1.807) is 0 Å². The standard InChI is InChI=1S/C18H25F3N2O/c1-17(2)10-9-14-15(16(17)24)13(8-7-12-5-3-4-6-12)22-23(14)11-18(19,20)21/h12H,3-11H2,1-2H3. The predicted molar refractivity (Wildman–Crippen MR) is 85.0 cm³/mol. The Morgan fingerprint density at radius 3 is 2.54 bits per heavy atom. The van der Waals surface area contributed by atoms with Crippen molar-refractivity contribution in [1.82, 2.24) is 9.78 Å². The Labute approximate surface area is 140 Å². The van der Waals surface area contributed by atoms with Gasteiger partial charge in [-0.15, -0.1) is 0 Å². The summed E-state index contributed by atoms with van der Waals surface area (Å²) in [6.45, 7) is 2.65. The Balaban J connectivity index is 1.90. The average molecular weight is 342 g/mol. The zero-order valence-corrected chi connectivity index (χ0v) is 14.4. The summed E-state index contributed by atoms with van der Waals surface area (Å²) in [6, 6.07) is 0. The number of aromatic nitrogens is 2. The van der Waals surface area contributed by atoms with Crippen LogP contribution < -0.4 is 0 Å². The molecule has 0 amide bonds. The Morgan fingerprint density at radius 1 is 1.25 bits per heavy atom. The summed E-state index contributed by atoms with van der Waals surface area (Å²) < 4.78 is 39.6. The number of aryl methyl sites for hydroxylation is 1. The maximum absolute atomic E-state index is 12.9. The molecule has 0 radical (unpaired) electrons. The normalized spacial score (nSPS) is 21.3. The van der Waals surface area contributed by atoms with E-state index in [4.69, 9.17) is 0 Å². The fourth-order valence-corrected chi connectivity index (χ4v) is 4.07. The molecule has 0 spiro atoms. The summed E-state index contributed by atoms with van der Waals surface area (Å²) in [5.74, 6) is 0.582. The van der Waals surface area contributed by atoms with Crippen LogP contribution in [0.15, 0.2) is 0 Å². The van der Waals surface area contributed by atoms with E-state index in [0.29, 0.717) is 42.1 Å². The van der Waals surface area contributed by atoms with Crippen molar-refractivity contribution in [2.75, 3.05) is 0 Å². The van der Waals surface area contributed by atoms with Gasteiger partial charge in [0.05, 0.1) is 11.3 Å². The van der Waals surface area contributed by atoms with Gasteiger partial charge in [0.25, 0.3) is 0 Å². The van der Waals surface area contributed by atoms with Gasteiger partial charge in [0.2, 0.25) is 0 Å². The van der Waals surface area contributed by atoms with E-state index < -0.39 is 18.1 Å². The number of ketones is 1. The summed E-state index contributed by atoms with van der Waals surface area (Å²) in [5, 5.41) is 4.23. The Kier molecular flexibility index (Phi) is 4.51. The lowest BCUT2D eigenvalue weighted by atomic mass is 9.74. The number of hydrogen-bond donors (Lipinski definition) is 0. The van der Waals surface area contributed by atoms with Gasteiger partial charge in [-0.1, -0.05) is 39.5 Å². The highest BCUT2D eigenvalue weighted by Crippen LogP contribution is 2.38. The van der Waals surface area contributed by atoms with E-state index >= 15 is 0 Å². The quantitative estimate of drug-likeness (QED) is 0.793. The molecule has 2 aliphatic carbocycles. The molecule has 3 rings (SSSR count). The Bertz CT molecular complexity index is 625. The molecular weight excluding hydrogens is 317 g/mol. The van der Waals surface area contributed by atoms with Crippen LogP contribution in [0.5, 0.6) is 0 Å². The third kappa shape index (κ3) is 3.52. The minimum Gasteiger partial charge on any atom is -0.293 e. The summed E-state index contributed by atoms with van der Waals surface area (Å²) in [5.41, 5.74) is 1.03. The van der Waals surface area contributed by atoms with Crippen LogP contribution in [0.25, 0.3) is 0 Å². The van der Waals surface area contributed by atoms with E-state index in [0.717, 1.165) is 11.1 Å². The largest absolute Gasteiger partial charge is 0.408 e. The average Bonchev–Trinajstić information content (AvgIpc) is 3.07. The van der Waals surface area contributed by atoms with Gasteiger partial charge in [0.1, 0.15) is 6.54 Å². The van der Waals surface area contributed by atoms with Crippen LogP contribution in [0.2, 0.25) is 0 Å². The molecule has 0 atom stereocenters. The van der Waals surface area contributed by atoms with E-state index in [2.05, 4.69) is 5.10 Å². The maximum atomic E-state index is 12.9. The molecule has 134 valence electrons. The predicted octanol–water partition coefficient (Wildman–Crippen LogP) is 4.72. The summed E-state index contributed by atoms with van der Waals surface area (Å²) >= 11 is 0. The fraction of sp³-hybridized carbons (Fsp3) is 0.778. The Morgan fingerprint density at radius 2 is 1.92 bits per heavy atom. The molecule has 1 saturated carbocycles. The van der Waals surface area contributed by atoms with Crippen LogP contribution in [-0.4, -0.2) is 21.7 Å². The van der Waals surface area contributed by atoms with Crippen LogP contribution in [0.4, 0.5) is 13.2 Å². The van der Waals surface area contributed by atoms with E-state index in [-0.39, 0.29) is 5.78 Å². The van der Waals surface area contributed by atoms with E-state index in [1.165, 1.54) is 25.7 Å². The van der Waals surface area contributed by atoms with Crippen molar-refractivity contribution < 1.29 is 18.0 Å². The van der Waals surface area contributed by atoms with Crippen LogP contribution >= 0.6 is 0 Å². The summed E-state index contributed by atoms with van der Waals surface area (Å²) in [7, 11) is 0. The molecule has 2 aliphatic rings. The van der Waals surface area contributed by atoms with Crippen LogP contribution in [0, 0.1) is 11.3 Å². The van der Waals surface area contributed by atoms with Crippen LogP contribution in [0.3, 0.4) is 0 Å². The van der Waals surface area contributed by atoms with Crippen LogP contribution in [0.1, 0.15) is 74.1 Å². The molecular formula is C18H25F3N2O. The SMILES string of the molecule is CC1(C)CCc2c(c(CCC3CCCC3)nn2CC(F)(F)F)C1=O. The molecule has 3 nitrogen and oxygen atoms in total. The van der Waals surface area contributed by atoms with Gasteiger partial charge in [-0.25, -0.2) is 0 Å². The number of halogens is 3. The molecule has 1 aromatic heterocycles. The number of rotatable bonds is 4. The minimum absolute atomic E-state index is 0.0430. The van der Waals surface area contributed by atoms with Gasteiger partial charge in [0, 0.05) is 11.1 Å². The lowest BCUT2D eigenvalue weighted by Gasteiger charge is -2.28. The highest BCUT2D eigenvalue weighted by Gasteiger charge is 2.40. The van der Waals surface area contributed by atoms with Gasteiger partial charge in [0.15, 0.2) is 5.78 Å². The third-order valence-electron chi connectivity index (χ3n) is 5.55. The molecule has 0 aliphatic heterocycles. The summed E-state index contributed by atoms with van der Waals surface area (Å²) in [4.78, 5) is 12.8. The smallest absolute Gasteiger partial charge is 0.293 e. The number of alkyl halides is 3. The lowest BCUT2D eigenvalue weighted by Crippen LogP contribution is -2.32. The molecule has 24 heavy (non-hydrogen) atoms. The molecule has 1 fully saturated rings. The van der Waals surface area contributed by atoms with E-state index in [1.807, 2.05) is 13.8 Å². The molecule has 0 N–H and O–H groups in total. The second kappa shape index (κ2) is 6.19. The monoisotopic (exact) mass is 342 g/mol. The van der Waals surface area contributed by atoms with Gasteiger partial charge in [-0.2, -0.15) is 18.3 Å². The van der Waals surface area contributed by atoms with Crippen molar-refractivity contribution in [3.63, 3.8) is 0 Å². The number of carbonyl (C=O) groups excluding carboxylic acids is 1. The maximum Gasteiger partial charge on any atom is 0.408 e. The number of fused-ring (bicyclic) bond motifs is 1.